The summed E-state index contributed by atoms with van der Waals surface area (Å²) in [4.78, 5) is 28.9. The minimum atomic E-state index is -0.561. The summed E-state index contributed by atoms with van der Waals surface area (Å²) in [5, 5.41) is 5.17. The molecule has 0 fully saturated rings. The number of methoxy groups -OCH3 is 1. The molecule has 3 aromatic rings. The number of hydrogen-bond donors (Lipinski definition) is 0. The maximum Gasteiger partial charge on any atom is 0.343 e. The van der Waals surface area contributed by atoms with Crippen molar-refractivity contribution in [1.29, 1.82) is 0 Å². The first-order chi connectivity index (χ1) is 14.7. The van der Waals surface area contributed by atoms with Gasteiger partial charge in [0.25, 0.3) is 5.56 Å². The predicted molar refractivity (Wildman–Crippen MR) is 125 cm³/mol. The molecule has 3 rings (SSSR count). The van der Waals surface area contributed by atoms with Crippen LogP contribution in [-0.2, 0) is 9.53 Å². The van der Waals surface area contributed by atoms with Gasteiger partial charge >= 0.3 is 5.97 Å². The van der Waals surface area contributed by atoms with Crippen LogP contribution < -0.4 is 10.3 Å². The smallest absolute Gasteiger partial charge is 0.343 e. The van der Waals surface area contributed by atoms with E-state index in [1.54, 1.807) is 24.3 Å². The van der Waals surface area contributed by atoms with Crippen molar-refractivity contribution in [1.82, 2.24) is 9.66 Å². The Morgan fingerprint density at radius 2 is 1.94 bits per heavy atom. The van der Waals surface area contributed by atoms with Crippen LogP contribution in [0.2, 0.25) is 10.0 Å². The monoisotopic (exact) mass is 525 g/mol. The van der Waals surface area contributed by atoms with Gasteiger partial charge in [-0.1, -0.05) is 53.0 Å². The lowest BCUT2D eigenvalue weighted by molar-refractivity contribution is -0.142. The lowest BCUT2D eigenvalue weighted by Gasteiger charge is -2.12. The van der Waals surface area contributed by atoms with Crippen molar-refractivity contribution in [2.75, 3.05) is 13.7 Å². The number of halogens is 3. The zero-order valence-electron chi connectivity index (χ0n) is 16.9. The Hall–Kier alpha value is -2.42. The Kier molecular flexibility index (Phi) is 7.35. The third-order valence-electron chi connectivity index (χ3n) is 4.25. The summed E-state index contributed by atoms with van der Waals surface area (Å²) in [6.07, 6.45) is 1.46. The van der Waals surface area contributed by atoms with Gasteiger partial charge in [-0.25, -0.2) is 9.78 Å². The summed E-state index contributed by atoms with van der Waals surface area (Å²) in [6.45, 7) is 3.54. The molecule has 1 aromatic heterocycles. The second kappa shape index (κ2) is 9.80. The van der Waals surface area contributed by atoms with Crippen LogP contribution in [-0.4, -0.2) is 35.6 Å². The molecular formula is C21H18BrCl2N3O4. The van der Waals surface area contributed by atoms with Gasteiger partial charge in [0.2, 0.25) is 0 Å². The van der Waals surface area contributed by atoms with Crippen LogP contribution in [0.15, 0.2) is 44.7 Å². The molecule has 0 aliphatic carbocycles. The first kappa shape index (κ1) is 23.2. The fraction of sp³-hybridized carbons (Fsp3) is 0.238. The van der Waals surface area contributed by atoms with Crippen LogP contribution in [0, 0.1) is 0 Å². The van der Waals surface area contributed by atoms with Crippen LogP contribution >= 0.6 is 39.1 Å². The number of hydrogen-bond acceptors (Lipinski definition) is 6. The van der Waals surface area contributed by atoms with Gasteiger partial charge in [0.1, 0.15) is 5.82 Å². The summed E-state index contributed by atoms with van der Waals surface area (Å²) in [5.74, 6) is 0.0717. The summed E-state index contributed by atoms with van der Waals surface area (Å²) in [5.41, 5.74) is 0.847. The van der Waals surface area contributed by atoms with Crippen molar-refractivity contribution in [2.45, 2.75) is 19.8 Å². The fourth-order valence-electron chi connectivity index (χ4n) is 2.76. The molecule has 31 heavy (non-hydrogen) atoms. The van der Waals surface area contributed by atoms with Crippen molar-refractivity contribution >= 4 is 62.2 Å². The molecule has 0 atom stereocenters. The largest absolute Gasteiger partial charge is 0.479 e. The number of esters is 1. The normalized spacial score (nSPS) is 11.5. The summed E-state index contributed by atoms with van der Waals surface area (Å²) in [7, 11) is 1.25. The van der Waals surface area contributed by atoms with Gasteiger partial charge in [-0.05, 0) is 35.9 Å². The predicted octanol–water partition coefficient (Wildman–Crippen LogP) is 5.02. The lowest BCUT2D eigenvalue weighted by atomic mass is 10.2. The van der Waals surface area contributed by atoms with Gasteiger partial charge in [-0.3, -0.25) is 4.79 Å². The van der Waals surface area contributed by atoms with Gasteiger partial charge < -0.3 is 9.47 Å². The van der Waals surface area contributed by atoms with Gasteiger partial charge in [0.05, 0.1) is 34.3 Å². The molecule has 7 nitrogen and oxygen atoms in total. The summed E-state index contributed by atoms with van der Waals surface area (Å²) in [6, 6.07) is 8.46. The molecule has 0 bridgehead atoms. The highest BCUT2D eigenvalue weighted by atomic mass is 79.9. The first-order valence-corrected chi connectivity index (χ1v) is 10.7. The lowest BCUT2D eigenvalue weighted by Crippen LogP contribution is -2.23. The molecule has 0 N–H and O–H groups in total. The zero-order chi connectivity index (χ0) is 22.7. The molecule has 162 valence electrons. The number of carbonyl (C=O) groups is 1. The number of nitrogens with zero attached hydrogens (tertiary/aromatic N) is 3. The van der Waals surface area contributed by atoms with E-state index in [0.29, 0.717) is 22.3 Å². The summed E-state index contributed by atoms with van der Waals surface area (Å²) < 4.78 is 11.9. The quantitative estimate of drug-likeness (QED) is 0.332. The third kappa shape index (κ3) is 5.26. The van der Waals surface area contributed by atoms with E-state index >= 15 is 0 Å². The SMILES string of the molecule is COC(=O)COc1c(Cl)cc(C=Nn2c(C(C)C)nc3ccc(Br)cc3c2=O)cc1Cl. The van der Waals surface area contributed by atoms with Crippen molar-refractivity contribution in [3.63, 3.8) is 0 Å². The highest BCUT2D eigenvalue weighted by molar-refractivity contribution is 9.10. The van der Waals surface area contributed by atoms with Gasteiger partial charge in [0, 0.05) is 10.4 Å². The van der Waals surface area contributed by atoms with Crippen LogP contribution in [0.1, 0.15) is 31.2 Å². The van der Waals surface area contributed by atoms with Crippen molar-refractivity contribution in [3.05, 3.63) is 66.6 Å². The second-order valence-electron chi connectivity index (χ2n) is 6.83. The Morgan fingerprint density at radius 3 is 2.55 bits per heavy atom. The van der Waals surface area contributed by atoms with Gasteiger partial charge in [0.15, 0.2) is 12.4 Å². The molecule has 10 heteroatoms. The molecule has 0 spiro atoms. The van der Waals surface area contributed by atoms with E-state index in [9.17, 15) is 9.59 Å². The topological polar surface area (TPSA) is 82.8 Å². The minimum Gasteiger partial charge on any atom is -0.479 e. The van der Waals surface area contributed by atoms with Crippen LogP contribution in [0.25, 0.3) is 10.9 Å². The number of benzene rings is 2. The van der Waals surface area contributed by atoms with E-state index in [1.165, 1.54) is 18.0 Å². The molecular weight excluding hydrogens is 509 g/mol. The number of fused-ring (bicyclic) bond motifs is 1. The highest BCUT2D eigenvalue weighted by Gasteiger charge is 2.15. The fourth-order valence-corrected chi connectivity index (χ4v) is 3.73. The van der Waals surface area contributed by atoms with E-state index in [0.717, 1.165) is 4.47 Å². The second-order valence-corrected chi connectivity index (χ2v) is 8.56. The van der Waals surface area contributed by atoms with Crippen molar-refractivity contribution in [2.24, 2.45) is 5.10 Å². The number of carbonyl (C=O) groups excluding carboxylic acids is 1. The van der Waals surface area contributed by atoms with Crippen molar-refractivity contribution < 1.29 is 14.3 Å². The third-order valence-corrected chi connectivity index (χ3v) is 5.31. The van der Waals surface area contributed by atoms with Gasteiger partial charge in [-0.2, -0.15) is 9.78 Å². The Bertz CT molecular complexity index is 1220. The van der Waals surface area contributed by atoms with Crippen LogP contribution in [0.4, 0.5) is 0 Å². The Morgan fingerprint density at radius 1 is 1.26 bits per heavy atom. The van der Waals surface area contributed by atoms with Crippen molar-refractivity contribution in [3.8, 4) is 5.75 Å². The molecule has 0 aliphatic rings. The Balaban J connectivity index is 2.01. The molecule has 0 saturated carbocycles. The maximum absolute atomic E-state index is 13.1. The molecule has 0 unspecified atom stereocenters. The minimum absolute atomic E-state index is 0.0424. The van der Waals surface area contributed by atoms with E-state index in [-0.39, 0.29) is 33.9 Å². The molecule has 2 aromatic carbocycles. The zero-order valence-corrected chi connectivity index (χ0v) is 20.0. The number of aromatic nitrogens is 2. The average molecular weight is 527 g/mol. The number of rotatable bonds is 6. The van der Waals surface area contributed by atoms with E-state index < -0.39 is 5.97 Å². The van der Waals surface area contributed by atoms with Crippen LogP contribution in [0.3, 0.4) is 0 Å². The molecule has 0 saturated heterocycles. The molecule has 0 amide bonds. The van der Waals surface area contributed by atoms with Crippen LogP contribution in [0.5, 0.6) is 5.75 Å². The molecule has 0 radical (unpaired) electrons. The number of ether oxygens (including phenoxy) is 2. The maximum atomic E-state index is 13.1. The van der Waals surface area contributed by atoms with E-state index in [4.69, 9.17) is 27.9 Å². The molecule has 1 heterocycles. The highest BCUT2D eigenvalue weighted by Crippen LogP contribution is 2.34. The molecule has 0 aliphatic heterocycles. The van der Waals surface area contributed by atoms with E-state index in [1.807, 2.05) is 19.9 Å². The standard InChI is InChI=1S/C21H18BrCl2N3O4/c1-11(2)20-26-17-5-4-13(22)8-14(17)21(29)27(20)25-9-12-6-15(23)19(16(24)7-12)31-10-18(28)30-3/h4-9,11H,10H2,1-3H3. The van der Waals surface area contributed by atoms with Gasteiger partial charge in [-0.15, -0.1) is 0 Å². The van der Waals surface area contributed by atoms with E-state index in [2.05, 4.69) is 30.8 Å². The average Bonchev–Trinajstić information content (AvgIpc) is 2.72. The first-order valence-electron chi connectivity index (χ1n) is 9.16. The summed E-state index contributed by atoms with van der Waals surface area (Å²) >= 11 is 15.9. The Labute approximate surface area is 196 Å².